The highest BCUT2D eigenvalue weighted by Crippen LogP contribution is 2.27. The molecule has 4 N–H and O–H groups in total. The zero-order chi connectivity index (χ0) is 25.5. The minimum Gasteiger partial charge on any atom is -0.626 e. The van der Waals surface area contributed by atoms with E-state index in [2.05, 4.69) is 42.1 Å². The third-order valence-electron chi connectivity index (χ3n) is 6.00. The van der Waals surface area contributed by atoms with Crippen LogP contribution >= 0.6 is 7.77 Å². The van der Waals surface area contributed by atoms with E-state index in [1.807, 2.05) is 78.3 Å². The molecule has 0 amide bonds. The van der Waals surface area contributed by atoms with Crippen molar-refractivity contribution in [2.24, 2.45) is 0 Å². The largest absolute Gasteiger partial charge is 0.626 e. The van der Waals surface area contributed by atoms with Crippen molar-refractivity contribution in [1.29, 1.82) is 0 Å². The van der Waals surface area contributed by atoms with Gasteiger partial charge in [0.25, 0.3) is 0 Å². The van der Waals surface area contributed by atoms with E-state index in [0.29, 0.717) is 5.69 Å². The Hall–Kier alpha value is -3.70. The number of anilines is 2. The molecular weight excluding hydrogens is 465 g/mol. The molecule has 0 aliphatic carbocycles. The zero-order valence-corrected chi connectivity index (χ0v) is 21.6. The van der Waals surface area contributed by atoms with Gasteiger partial charge in [-0.3, -0.25) is 4.40 Å². The minimum absolute atomic E-state index is 0.693. The van der Waals surface area contributed by atoms with E-state index >= 15 is 0 Å². The molecule has 2 heterocycles. The number of nitrogen functional groups attached to an aromatic ring is 1. The van der Waals surface area contributed by atoms with Crippen molar-refractivity contribution in [2.75, 3.05) is 31.2 Å². The number of rotatable bonds is 7. The lowest BCUT2D eigenvalue weighted by atomic mass is 10.1. The zero-order valence-electron chi connectivity index (χ0n) is 20.7. The Morgan fingerprint density at radius 1 is 0.972 bits per heavy atom. The Morgan fingerprint density at radius 3 is 2.47 bits per heavy atom. The monoisotopic (exact) mass is 497 g/mol. The normalized spacial score (nSPS) is 11.2. The SMILES string of the molecule is C=[P+]([O-])c1ccc2ccccc2c1.CNCCCNc1cc(-c2ccccc2C)nc2c(N)ccn12. The van der Waals surface area contributed by atoms with Crippen LogP contribution in [-0.2, 0) is 0 Å². The van der Waals surface area contributed by atoms with Gasteiger partial charge in [-0.2, -0.15) is 0 Å². The second-order valence-electron chi connectivity index (χ2n) is 8.60. The van der Waals surface area contributed by atoms with Crippen LogP contribution in [0.1, 0.15) is 12.0 Å². The minimum atomic E-state index is -1.47. The van der Waals surface area contributed by atoms with Gasteiger partial charge in [-0.15, -0.1) is 0 Å². The molecule has 0 aliphatic heterocycles. The number of nitrogens with two attached hydrogens (primary N) is 1. The van der Waals surface area contributed by atoms with Crippen LogP contribution in [0.2, 0.25) is 0 Å². The van der Waals surface area contributed by atoms with E-state index in [9.17, 15) is 4.89 Å². The van der Waals surface area contributed by atoms with Crippen molar-refractivity contribution < 1.29 is 4.89 Å². The first-order chi connectivity index (χ1) is 17.5. The van der Waals surface area contributed by atoms with Gasteiger partial charge in [-0.1, -0.05) is 48.5 Å². The third kappa shape index (κ3) is 5.92. The van der Waals surface area contributed by atoms with Gasteiger partial charge in [-0.05, 0) is 67.5 Å². The van der Waals surface area contributed by atoms with Crippen LogP contribution in [0.15, 0.2) is 85.1 Å². The number of hydrogen-bond donors (Lipinski definition) is 3. The summed E-state index contributed by atoms with van der Waals surface area (Å²) < 4.78 is 2.01. The fourth-order valence-electron chi connectivity index (χ4n) is 4.05. The lowest BCUT2D eigenvalue weighted by molar-refractivity contribution is -0.149. The van der Waals surface area contributed by atoms with Crippen LogP contribution in [0.5, 0.6) is 0 Å². The number of aryl methyl sites for hydroxylation is 1. The maximum Gasteiger partial charge on any atom is 0.162 e. The average molecular weight is 498 g/mol. The summed E-state index contributed by atoms with van der Waals surface area (Å²) in [4.78, 5) is 15.9. The molecule has 1 unspecified atom stereocenters. The quantitative estimate of drug-likeness (QED) is 0.226. The van der Waals surface area contributed by atoms with E-state index in [1.54, 1.807) is 0 Å². The molecule has 7 heteroatoms. The highest BCUT2D eigenvalue weighted by Gasteiger charge is 2.11. The Kier molecular flexibility index (Phi) is 8.34. The lowest BCUT2D eigenvalue weighted by Gasteiger charge is -2.13. The summed E-state index contributed by atoms with van der Waals surface area (Å²) in [6.45, 7) is 3.98. The second kappa shape index (κ2) is 11.8. The van der Waals surface area contributed by atoms with Crippen LogP contribution in [-0.4, -0.2) is 35.8 Å². The third-order valence-corrected chi connectivity index (χ3v) is 6.85. The van der Waals surface area contributed by atoms with Crippen molar-refractivity contribution >= 4 is 47.3 Å². The van der Waals surface area contributed by atoms with Crippen molar-refractivity contribution in [3.8, 4) is 11.3 Å². The van der Waals surface area contributed by atoms with Gasteiger partial charge < -0.3 is 21.3 Å². The molecule has 0 fully saturated rings. The fraction of sp³-hybridized carbons (Fsp3) is 0.172. The maximum atomic E-state index is 11.1. The van der Waals surface area contributed by atoms with Crippen molar-refractivity contribution in [1.82, 2.24) is 14.7 Å². The smallest absolute Gasteiger partial charge is 0.162 e. The van der Waals surface area contributed by atoms with Crippen molar-refractivity contribution in [3.63, 3.8) is 0 Å². The summed E-state index contributed by atoms with van der Waals surface area (Å²) in [5, 5.41) is 9.75. The van der Waals surface area contributed by atoms with Crippen molar-refractivity contribution in [3.05, 3.63) is 90.6 Å². The Morgan fingerprint density at radius 2 is 1.72 bits per heavy atom. The predicted octanol–water partition coefficient (Wildman–Crippen LogP) is 4.57. The summed E-state index contributed by atoms with van der Waals surface area (Å²) in [7, 11) is 0.497. The molecule has 6 nitrogen and oxygen atoms in total. The molecule has 3 aromatic carbocycles. The van der Waals surface area contributed by atoms with E-state index in [4.69, 9.17) is 10.7 Å². The highest BCUT2D eigenvalue weighted by atomic mass is 31.1. The van der Waals surface area contributed by atoms with Gasteiger partial charge in [0.15, 0.2) is 5.65 Å². The first kappa shape index (κ1) is 25.4. The second-order valence-corrected chi connectivity index (χ2v) is 9.87. The number of hydrogen-bond acceptors (Lipinski definition) is 5. The number of nitrogens with zero attached hydrogens (tertiary/aromatic N) is 2. The standard InChI is InChI=1S/C18H23N5.C11H9OP/c1-13-6-3-4-7-14(13)16-12-17(21-10-5-9-20-2)23-11-8-15(19)18(23)22-16;1-13(12)11-7-6-9-4-2-3-5-10(9)8-11/h3-4,6-8,11-12,20-21H,5,9-10,19H2,1-2H3;2-8H,1H2. The topological polar surface area (TPSA) is 90.4 Å². The summed E-state index contributed by atoms with van der Waals surface area (Å²) >= 11 is 0. The molecule has 5 rings (SSSR count). The number of nitrogens with one attached hydrogen (secondary N) is 2. The molecule has 184 valence electrons. The summed E-state index contributed by atoms with van der Waals surface area (Å²) in [5.74, 6) is 1.01. The van der Waals surface area contributed by atoms with Crippen LogP contribution in [0, 0.1) is 6.92 Å². The number of aromatic nitrogens is 2. The molecule has 1 atom stereocenters. The van der Waals surface area contributed by atoms with Crippen LogP contribution in [0.3, 0.4) is 0 Å². The predicted molar refractivity (Wildman–Crippen MR) is 154 cm³/mol. The molecule has 0 spiro atoms. The molecule has 0 bridgehead atoms. The molecule has 0 saturated heterocycles. The first-order valence-electron chi connectivity index (χ1n) is 12.0. The highest BCUT2D eigenvalue weighted by molar-refractivity contribution is 7.56. The van der Waals surface area contributed by atoms with Crippen LogP contribution in [0.4, 0.5) is 11.5 Å². The van der Waals surface area contributed by atoms with Crippen LogP contribution < -0.4 is 26.6 Å². The van der Waals surface area contributed by atoms with E-state index < -0.39 is 7.77 Å². The van der Waals surface area contributed by atoms with E-state index in [1.165, 1.54) is 10.9 Å². The molecule has 0 aliphatic rings. The van der Waals surface area contributed by atoms with Crippen molar-refractivity contribution in [2.45, 2.75) is 13.3 Å². The van der Waals surface area contributed by atoms with Gasteiger partial charge >= 0.3 is 0 Å². The van der Waals surface area contributed by atoms with Gasteiger partial charge in [0.2, 0.25) is 0 Å². The van der Waals surface area contributed by atoms with E-state index in [-0.39, 0.29) is 0 Å². The Bertz CT molecular complexity index is 1490. The first-order valence-corrected chi connectivity index (χ1v) is 13.4. The lowest BCUT2D eigenvalue weighted by Crippen LogP contribution is -2.14. The maximum absolute atomic E-state index is 11.1. The Balaban J connectivity index is 0.000000197. The van der Waals surface area contributed by atoms with Crippen LogP contribution in [0.25, 0.3) is 27.7 Å². The Labute approximate surface area is 213 Å². The molecule has 5 aromatic rings. The van der Waals surface area contributed by atoms with E-state index in [0.717, 1.165) is 52.9 Å². The summed E-state index contributed by atoms with van der Waals surface area (Å²) in [6, 6.07) is 26.0. The molecule has 0 saturated carbocycles. The molecule has 36 heavy (non-hydrogen) atoms. The van der Waals surface area contributed by atoms with Gasteiger partial charge in [0, 0.05) is 24.4 Å². The molecule has 0 radical (unpaired) electrons. The molecule has 2 aromatic heterocycles. The van der Waals surface area contributed by atoms with Gasteiger partial charge in [0.1, 0.15) is 11.1 Å². The van der Waals surface area contributed by atoms with Gasteiger partial charge in [-0.25, -0.2) is 4.98 Å². The fourth-order valence-corrected chi connectivity index (χ4v) is 4.57. The number of fused-ring (bicyclic) bond motifs is 2. The van der Waals surface area contributed by atoms with Gasteiger partial charge in [0.05, 0.1) is 25.5 Å². The number of benzene rings is 3. The summed E-state index contributed by atoms with van der Waals surface area (Å²) in [6.07, 6.45) is 6.54. The molecular formula is C29H32N5OP. The average Bonchev–Trinajstić information content (AvgIpc) is 3.27. The summed E-state index contributed by atoms with van der Waals surface area (Å²) in [5.41, 5.74) is 10.9.